The van der Waals surface area contributed by atoms with Crippen molar-refractivity contribution in [3.63, 3.8) is 0 Å². The zero-order valence-electron chi connectivity index (χ0n) is 23.3. The summed E-state index contributed by atoms with van der Waals surface area (Å²) in [5.74, 6) is -0.108. The molecule has 3 aromatic rings. The third kappa shape index (κ3) is 7.26. The Morgan fingerprint density at radius 3 is 2.26 bits per heavy atom. The van der Waals surface area contributed by atoms with E-state index in [1.165, 1.54) is 12.1 Å². The SMILES string of the molecule is CC.CC(C)COC(C)c1nc2nc(C(=O)O)nc(NC(C)C3CCC3)c2n1Cc1ccc(C(F)(F)F)cc1. The second kappa shape index (κ2) is 12.8. The van der Waals surface area contributed by atoms with Gasteiger partial charge < -0.3 is 19.7 Å². The van der Waals surface area contributed by atoms with Gasteiger partial charge in [0.1, 0.15) is 17.4 Å². The van der Waals surface area contributed by atoms with Crippen LogP contribution >= 0.6 is 0 Å². The molecule has 0 aliphatic heterocycles. The Hall–Kier alpha value is -3.21. The van der Waals surface area contributed by atoms with Gasteiger partial charge in [-0.3, -0.25) is 0 Å². The average Bonchev–Trinajstić information content (AvgIpc) is 3.21. The first-order valence-corrected chi connectivity index (χ1v) is 13.5. The molecule has 1 fully saturated rings. The predicted molar refractivity (Wildman–Crippen MR) is 144 cm³/mol. The lowest BCUT2D eigenvalue weighted by atomic mass is 9.80. The molecule has 0 bridgehead atoms. The fourth-order valence-electron chi connectivity index (χ4n) is 4.39. The summed E-state index contributed by atoms with van der Waals surface area (Å²) in [6, 6.07) is 4.98. The van der Waals surface area contributed by atoms with Crippen molar-refractivity contribution in [1.82, 2.24) is 19.5 Å². The van der Waals surface area contributed by atoms with Crippen LogP contribution in [0.4, 0.5) is 19.0 Å². The first-order chi connectivity index (χ1) is 18.4. The number of anilines is 1. The fourth-order valence-corrected chi connectivity index (χ4v) is 4.39. The van der Waals surface area contributed by atoms with Gasteiger partial charge in [-0.25, -0.2) is 19.7 Å². The maximum Gasteiger partial charge on any atom is 0.416 e. The van der Waals surface area contributed by atoms with E-state index in [9.17, 15) is 23.1 Å². The summed E-state index contributed by atoms with van der Waals surface area (Å²) in [4.78, 5) is 24.9. The average molecular weight is 550 g/mol. The highest BCUT2D eigenvalue weighted by Crippen LogP contribution is 2.34. The number of alkyl halides is 3. The number of halogens is 3. The molecule has 39 heavy (non-hydrogen) atoms. The summed E-state index contributed by atoms with van der Waals surface area (Å²) in [5, 5.41) is 13.0. The maximum atomic E-state index is 13.1. The molecular weight excluding hydrogens is 511 g/mol. The van der Waals surface area contributed by atoms with Crippen LogP contribution in [0.15, 0.2) is 24.3 Å². The van der Waals surface area contributed by atoms with Gasteiger partial charge >= 0.3 is 12.1 Å². The number of carboxylic acids is 1. The van der Waals surface area contributed by atoms with E-state index in [0.29, 0.717) is 35.2 Å². The number of aromatic carboxylic acids is 1. The summed E-state index contributed by atoms with van der Waals surface area (Å²) in [5.41, 5.74) is 0.570. The molecule has 4 rings (SSSR count). The van der Waals surface area contributed by atoms with E-state index in [0.717, 1.165) is 31.4 Å². The van der Waals surface area contributed by atoms with Crippen LogP contribution in [0.3, 0.4) is 0 Å². The van der Waals surface area contributed by atoms with Gasteiger partial charge in [-0.1, -0.05) is 46.2 Å². The lowest BCUT2D eigenvalue weighted by molar-refractivity contribution is -0.137. The van der Waals surface area contributed by atoms with E-state index >= 15 is 0 Å². The number of benzene rings is 1. The molecule has 2 aromatic heterocycles. The number of carboxylic acid groups (broad SMARTS) is 1. The molecule has 1 aliphatic rings. The van der Waals surface area contributed by atoms with Crippen molar-refractivity contribution in [3.8, 4) is 0 Å². The molecule has 1 aromatic carbocycles. The van der Waals surface area contributed by atoms with Crippen molar-refractivity contribution in [3.05, 3.63) is 47.0 Å². The van der Waals surface area contributed by atoms with Crippen LogP contribution in [0.25, 0.3) is 11.2 Å². The Morgan fingerprint density at radius 1 is 1.10 bits per heavy atom. The minimum Gasteiger partial charge on any atom is -0.475 e. The van der Waals surface area contributed by atoms with Crippen LogP contribution in [-0.2, 0) is 17.5 Å². The number of hydrogen-bond donors (Lipinski definition) is 2. The lowest BCUT2D eigenvalue weighted by Gasteiger charge is -2.32. The molecule has 214 valence electrons. The van der Waals surface area contributed by atoms with E-state index in [2.05, 4.69) is 20.3 Å². The molecule has 1 aliphatic carbocycles. The van der Waals surface area contributed by atoms with Gasteiger partial charge in [0.15, 0.2) is 11.5 Å². The number of nitrogens with zero attached hydrogens (tertiary/aromatic N) is 4. The minimum absolute atomic E-state index is 0.0426. The minimum atomic E-state index is -4.43. The molecule has 8 nitrogen and oxygen atoms in total. The standard InChI is InChI=1S/C26H32F3N5O3.C2H6/c1-14(2)13-37-16(4)24-33-22-20(34(24)12-17-8-10-19(11-9-17)26(27,28)29)21(31-23(32-22)25(35)36)30-15(3)18-6-5-7-18;1-2/h8-11,14-16,18H,5-7,12-13H2,1-4H3,(H,35,36)(H,30,31,32);1-2H3. The van der Waals surface area contributed by atoms with Crippen LogP contribution in [0.5, 0.6) is 0 Å². The topological polar surface area (TPSA) is 102 Å². The third-order valence-corrected chi connectivity index (χ3v) is 6.71. The van der Waals surface area contributed by atoms with Gasteiger partial charge in [-0.2, -0.15) is 13.2 Å². The third-order valence-electron chi connectivity index (χ3n) is 6.71. The van der Waals surface area contributed by atoms with Crippen LogP contribution < -0.4 is 5.32 Å². The number of rotatable bonds is 10. The van der Waals surface area contributed by atoms with Gasteiger partial charge in [-0.15, -0.1) is 0 Å². The van der Waals surface area contributed by atoms with Gasteiger partial charge in [0.25, 0.3) is 0 Å². The summed E-state index contributed by atoms with van der Waals surface area (Å²) >= 11 is 0. The van der Waals surface area contributed by atoms with Crippen molar-refractivity contribution in [2.24, 2.45) is 11.8 Å². The molecule has 0 radical (unpaired) electrons. The van der Waals surface area contributed by atoms with Gasteiger partial charge in [0.05, 0.1) is 5.56 Å². The second-order valence-corrected chi connectivity index (χ2v) is 10.1. The summed E-state index contributed by atoms with van der Waals surface area (Å²) in [6.45, 7) is 12.6. The van der Waals surface area contributed by atoms with Crippen molar-refractivity contribution < 1.29 is 27.8 Å². The number of aromatic nitrogens is 4. The van der Waals surface area contributed by atoms with E-state index in [1.807, 2.05) is 46.1 Å². The molecule has 0 amide bonds. The highest BCUT2D eigenvalue weighted by Gasteiger charge is 2.31. The zero-order chi connectivity index (χ0) is 28.9. The molecule has 2 N–H and O–H groups in total. The summed E-state index contributed by atoms with van der Waals surface area (Å²) in [6.07, 6.45) is -1.61. The normalized spacial score (nSPS) is 15.4. The van der Waals surface area contributed by atoms with Crippen molar-refractivity contribution in [2.75, 3.05) is 11.9 Å². The first kappa shape index (κ1) is 30.3. The van der Waals surface area contributed by atoms with Crippen molar-refractivity contribution >= 4 is 23.0 Å². The smallest absolute Gasteiger partial charge is 0.416 e. The van der Waals surface area contributed by atoms with Crippen LogP contribution in [0, 0.1) is 11.8 Å². The van der Waals surface area contributed by atoms with Crippen LogP contribution in [0.2, 0.25) is 0 Å². The molecule has 2 unspecified atom stereocenters. The molecule has 0 spiro atoms. The van der Waals surface area contributed by atoms with Gasteiger partial charge in [-0.05, 0) is 56.2 Å². The summed E-state index contributed by atoms with van der Waals surface area (Å²) < 4.78 is 47.1. The monoisotopic (exact) mass is 549 g/mol. The van der Waals surface area contributed by atoms with Crippen molar-refractivity contribution in [1.29, 1.82) is 0 Å². The Balaban J connectivity index is 0.00000205. The van der Waals surface area contributed by atoms with E-state index < -0.39 is 23.8 Å². The quantitative estimate of drug-likeness (QED) is 0.282. The number of hydrogen-bond acceptors (Lipinski definition) is 6. The molecule has 0 saturated heterocycles. The fraction of sp³-hybridized carbons (Fsp3) is 0.571. The highest BCUT2D eigenvalue weighted by atomic mass is 19.4. The molecular formula is C28H38F3N5O3. The number of carbonyl (C=O) groups is 1. The molecule has 1 saturated carbocycles. The molecule has 2 heterocycles. The first-order valence-electron chi connectivity index (χ1n) is 13.5. The van der Waals surface area contributed by atoms with E-state index in [4.69, 9.17) is 4.74 Å². The molecule has 11 heteroatoms. The Kier molecular flexibility index (Phi) is 9.93. The van der Waals surface area contributed by atoms with E-state index in [-0.39, 0.29) is 30.0 Å². The summed E-state index contributed by atoms with van der Waals surface area (Å²) in [7, 11) is 0. The second-order valence-electron chi connectivity index (χ2n) is 10.1. The largest absolute Gasteiger partial charge is 0.475 e. The molecule has 2 atom stereocenters. The lowest BCUT2D eigenvalue weighted by Crippen LogP contribution is -2.31. The number of fused-ring (bicyclic) bond motifs is 1. The maximum absolute atomic E-state index is 13.1. The number of nitrogens with one attached hydrogen (secondary N) is 1. The number of ether oxygens (including phenoxy) is 1. The Morgan fingerprint density at radius 2 is 1.74 bits per heavy atom. The van der Waals surface area contributed by atoms with Gasteiger partial charge in [0, 0.05) is 19.2 Å². The van der Waals surface area contributed by atoms with Crippen LogP contribution in [-0.4, -0.2) is 43.2 Å². The van der Waals surface area contributed by atoms with E-state index in [1.54, 1.807) is 0 Å². The highest BCUT2D eigenvalue weighted by molar-refractivity contribution is 5.90. The number of imidazole rings is 1. The predicted octanol–water partition coefficient (Wildman–Crippen LogP) is 6.95. The van der Waals surface area contributed by atoms with Crippen molar-refractivity contribution in [2.45, 2.75) is 85.7 Å². The Labute approximate surface area is 227 Å². The van der Waals surface area contributed by atoms with Gasteiger partial charge in [0.2, 0.25) is 5.82 Å². The van der Waals surface area contributed by atoms with Crippen LogP contribution in [0.1, 0.15) is 94.5 Å². The Bertz CT molecular complexity index is 1250. The zero-order valence-corrected chi connectivity index (χ0v) is 23.3.